The number of hydrogen-bond acceptors (Lipinski definition) is 2. The number of aryl methyl sites for hydroxylation is 1. The Balaban J connectivity index is 3.15. The van der Waals surface area contributed by atoms with Crippen LogP contribution < -0.4 is 5.73 Å². The summed E-state index contributed by atoms with van der Waals surface area (Å²) >= 11 is 3.43. The molecule has 3 N–H and O–H groups in total. The van der Waals surface area contributed by atoms with Crippen LogP contribution in [-0.2, 0) is 0 Å². The molecule has 0 bridgehead atoms. The number of hydrogen-bond donors (Lipinski definition) is 2. The highest BCUT2D eigenvalue weighted by atomic mass is 79.9. The molecule has 72 valence electrons. The van der Waals surface area contributed by atoms with E-state index in [2.05, 4.69) is 15.9 Å². The Morgan fingerprint density at radius 3 is 2.69 bits per heavy atom. The van der Waals surface area contributed by atoms with Crippen LogP contribution in [0.2, 0.25) is 0 Å². The Labute approximate surface area is 86.9 Å². The summed E-state index contributed by atoms with van der Waals surface area (Å²) < 4.78 is 1.01. The van der Waals surface area contributed by atoms with Gasteiger partial charge < -0.3 is 10.8 Å². The Morgan fingerprint density at radius 1 is 1.54 bits per heavy atom. The van der Waals surface area contributed by atoms with Crippen molar-refractivity contribution >= 4 is 15.9 Å². The minimum atomic E-state index is 0.192. The number of rotatable bonds is 2. The predicted octanol–water partition coefficient (Wildman–Crippen LogP) is 2.53. The number of phenolic OH excluding ortho intramolecular Hbond substituents is 1. The van der Waals surface area contributed by atoms with Gasteiger partial charge in [-0.05, 0) is 42.6 Å². The maximum absolute atomic E-state index is 9.64. The standard InChI is InChI=1S/C10H14BrNO/c1-6-3-10(13)8(4-9(6)11)7(2)5-12/h3-4,7,13H,5,12H2,1-2H3. The molecule has 0 amide bonds. The molecule has 1 atom stereocenters. The third-order valence-electron chi connectivity index (χ3n) is 2.19. The van der Waals surface area contributed by atoms with Crippen molar-refractivity contribution in [2.45, 2.75) is 19.8 Å². The summed E-state index contributed by atoms with van der Waals surface area (Å²) in [6.45, 7) is 4.49. The van der Waals surface area contributed by atoms with Crippen LogP contribution in [0, 0.1) is 6.92 Å². The summed E-state index contributed by atoms with van der Waals surface area (Å²) in [5.74, 6) is 0.524. The van der Waals surface area contributed by atoms with Crippen molar-refractivity contribution in [2.24, 2.45) is 5.73 Å². The number of aromatic hydroxyl groups is 1. The van der Waals surface area contributed by atoms with Crippen molar-refractivity contribution < 1.29 is 5.11 Å². The van der Waals surface area contributed by atoms with Gasteiger partial charge in [0.05, 0.1) is 0 Å². The van der Waals surface area contributed by atoms with Gasteiger partial charge in [0, 0.05) is 4.47 Å². The fourth-order valence-corrected chi connectivity index (χ4v) is 1.56. The summed E-state index contributed by atoms with van der Waals surface area (Å²) in [5.41, 5.74) is 7.47. The summed E-state index contributed by atoms with van der Waals surface area (Å²) in [6, 6.07) is 3.69. The number of nitrogens with two attached hydrogens (primary N) is 1. The van der Waals surface area contributed by atoms with Crippen LogP contribution >= 0.6 is 15.9 Å². The summed E-state index contributed by atoms with van der Waals surface area (Å²) in [6.07, 6.45) is 0. The molecule has 0 saturated heterocycles. The molecule has 1 unspecified atom stereocenters. The number of benzene rings is 1. The first-order chi connectivity index (χ1) is 6.06. The Morgan fingerprint density at radius 2 is 2.15 bits per heavy atom. The maximum Gasteiger partial charge on any atom is 0.119 e. The molecular formula is C10H14BrNO. The second kappa shape index (κ2) is 4.11. The van der Waals surface area contributed by atoms with Crippen molar-refractivity contribution in [3.8, 4) is 5.75 Å². The first-order valence-electron chi connectivity index (χ1n) is 4.25. The lowest BCUT2D eigenvalue weighted by molar-refractivity contribution is 0.462. The van der Waals surface area contributed by atoms with Gasteiger partial charge in [-0.2, -0.15) is 0 Å². The van der Waals surface area contributed by atoms with Gasteiger partial charge in [-0.1, -0.05) is 22.9 Å². The molecule has 0 spiro atoms. The normalized spacial score (nSPS) is 12.9. The number of phenols is 1. The minimum absolute atomic E-state index is 0.192. The predicted molar refractivity (Wildman–Crippen MR) is 58.0 cm³/mol. The molecule has 0 aliphatic rings. The van der Waals surface area contributed by atoms with Crippen molar-refractivity contribution in [3.05, 3.63) is 27.7 Å². The monoisotopic (exact) mass is 243 g/mol. The van der Waals surface area contributed by atoms with E-state index in [1.807, 2.05) is 19.9 Å². The van der Waals surface area contributed by atoms with E-state index in [1.165, 1.54) is 0 Å². The maximum atomic E-state index is 9.64. The molecule has 0 heterocycles. The third kappa shape index (κ3) is 2.23. The topological polar surface area (TPSA) is 46.2 Å². The first-order valence-corrected chi connectivity index (χ1v) is 5.04. The molecule has 0 aliphatic carbocycles. The lowest BCUT2D eigenvalue weighted by atomic mass is 9.99. The number of halogens is 1. The summed E-state index contributed by atoms with van der Waals surface area (Å²) in [7, 11) is 0. The molecule has 0 aliphatic heterocycles. The van der Waals surface area contributed by atoms with E-state index in [0.717, 1.165) is 15.6 Å². The molecular weight excluding hydrogens is 230 g/mol. The van der Waals surface area contributed by atoms with Crippen LogP contribution in [0.5, 0.6) is 5.75 Å². The lowest BCUT2D eigenvalue weighted by Crippen LogP contribution is -2.09. The Hall–Kier alpha value is -0.540. The van der Waals surface area contributed by atoms with Crippen molar-refractivity contribution in [2.75, 3.05) is 6.54 Å². The SMILES string of the molecule is Cc1cc(O)c(C(C)CN)cc1Br. The van der Waals surface area contributed by atoms with Gasteiger partial charge in [0.1, 0.15) is 5.75 Å². The van der Waals surface area contributed by atoms with Crippen molar-refractivity contribution in [1.29, 1.82) is 0 Å². The molecule has 2 nitrogen and oxygen atoms in total. The largest absolute Gasteiger partial charge is 0.508 e. The second-order valence-electron chi connectivity index (χ2n) is 3.30. The van der Waals surface area contributed by atoms with E-state index in [1.54, 1.807) is 6.07 Å². The average molecular weight is 244 g/mol. The zero-order valence-electron chi connectivity index (χ0n) is 7.84. The fraction of sp³-hybridized carbons (Fsp3) is 0.400. The van der Waals surface area contributed by atoms with Crippen LogP contribution in [0.15, 0.2) is 16.6 Å². The van der Waals surface area contributed by atoms with E-state index < -0.39 is 0 Å². The van der Waals surface area contributed by atoms with Gasteiger partial charge in [-0.25, -0.2) is 0 Å². The lowest BCUT2D eigenvalue weighted by Gasteiger charge is -2.12. The van der Waals surface area contributed by atoms with E-state index in [4.69, 9.17) is 5.73 Å². The molecule has 0 saturated carbocycles. The molecule has 0 radical (unpaired) electrons. The average Bonchev–Trinajstić information content (AvgIpc) is 2.10. The van der Waals surface area contributed by atoms with Crippen LogP contribution in [0.25, 0.3) is 0 Å². The van der Waals surface area contributed by atoms with Crippen LogP contribution in [0.4, 0.5) is 0 Å². The molecule has 3 heteroatoms. The molecule has 0 fully saturated rings. The van der Waals surface area contributed by atoms with Crippen LogP contribution in [0.1, 0.15) is 24.0 Å². The molecule has 1 rings (SSSR count). The van der Waals surface area contributed by atoms with E-state index in [-0.39, 0.29) is 5.92 Å². The highest BCUT2D eigenvalue weighted by Gasteiger charge is 2.10. The van der Waals surface area contributed by atoms with E-state index >= 15 is 0 Å². The zero-order valence-corrected chi connectivity index (χ0v) is 9.43. The van der Waals surface area contributed by atoms with Crippen LogP contribution in [0.3, 0.4) is 0 Å². The first kappa shape index (κ1) is 10.5. The fourth-order valence-electron chi connectivity index (χ4n) is 1.20. The molecule has 1 aromatic rings. The van der Waals surface area contributed by atoms with Gasteiger partial charge in [0.2, 0.25) is 0 Å². The van der Waals surface area contributed by atoms with Gasteiger partial charge >= 0.3 is 0 Å². The Kier molecular flexibility index (Phi) is 3.33. The highest BCUT2D eigenvalue weighted by molar-refractivity contribution is 9.10. The van der Waals surface area contributed by atoms with E-state index in [9.17, 15) is 5.11 Å². The summed E-state index contributed by atoms with van der Waals surface area (Å²) in [5, 5.41) is 9.64. The minimum Gasteiger partial charge on any atom is -0.508 e. The second-order valence-corrected chi connectivity index (χ2v) is 4.15. The van der Waals surface area contributed by atoms with Gasteiger partial charge in [0.15, 0.2) is 0 Å². The Bertz CT molecular complexity index is 312. The molecule has 0 aromatic heterocycles. The van der Waals surface area contributed by atoms with Crippen molar-refractivity contribution in [1.82, 2.24) is 0 Å². The van der Waals surface area contributed by atoms with Gasteiger partial charge in [0.25, 0.3) is 0 Å². The zero-order chi connectivity index (χ0) is 10.0. The third-order valence-corrected chi connectivity index (χ3v) is 3.05. The van der Waals surface area contributed by atoms with Gasteiger partial charge in [-0.15, -0.1) is 0 Å². The smallest absolute Gasteiger partial charge is 0.119 e. The van der Waals surface area contributed by atoms with E-state index in [0.29, 0.717) is 12.3 Å². The summed E-state index contributed by atoms with van der Waals surface area (Å²) in [4.78, 5) is 0. The molecule has 1 aromatic carbocycles. The van der Waals surface area contributed by atoms with Gasteiger partial charge in [-0.3, -0.25) is 0 Å². The van der Waals surface area contributed by atoms with Crippen LogP contribution in [-0.4, -0.2) is 11.7 Å². The van der Waals surface area contributed by atoms with Crippen molar-refractivity contribution in [3.63, 3.8) is 0 Å². The quantitative estimate of drug-likeness (QED) is 0.839. The molecule has 13 heavy (non-hydrogen) atoms. The highest BCUT2D eigenvalue weighted by Crippen LogP contribution is 2.30.